The van der Waals surface area contributed by atoms with Gasteiger partial charge in [0.15, 0.2) is 4.87 Å². The highest BCUT2D eigenvalue weighted by molar-refractivity contribution is 6.35. The molecule has 1 saturated heterocycles. The molecule has 21 heavy (non-hydrogen) atoms. The van der Waals surface area contributed by atoms with Crippen LogP contribution in [0.3, 0.4) is 0 Å². The van der Waals surface area contributed by atoms with Crippen molar-refractivity contribution in [1.29, 1.82) is 0 Å². The van der Waals surface area contributed by atoms with Crippen LogP contribution in [0, 0.1) is 5.92 Å². The lowest BCUT2D eigenvalue weighted by Gasteiger charge is -2.37. The van der Waals surface area contributed by atoms with Crippen molar-refractivity contribution in [1.82, 2.24) is 0 Å². The predicted molar refractivity (Wildman–Crippen MR) is 78.4 cm³/mol. The molecule has 7 heteroatoms. The van der Waals surface area contributed by atoms with Gasteiger partial charge in [-0.1, -0.05) is 11.6 Å². The van der Waals surface area contributed by atoms with Crippen molar-refractivity contribution in [2.24, 2.45) is 5.92 Å². The van der Waals surface area contributed by atoms with Crippen molar-refractivity contribution >= 4 is 29.0 Å². The number of halogens is 2. The fourth-order valence-electron chi connectivity index (χ4n) is 3.44. The first-order valence-electron chi connectivity index (χ1n) is 6.60. The van der Waals surface area contributed by atoms with Gasteiger partial charge in [0.05, 0.1) is 17.7 Å². The lowest BCUT2D eigenvalue weighted by atomic mass is 9.79. The van der Waals surface area contributed by atoms with Gasteiger partial charge in [0, 0.05) is 20.1 Å². The number of alkyl halides is 1. The Kier molecular flexibility index (Phi) is 4.37. The maximum atomic E-state index is 12.6. The van der Waals surface area contributed by atoms with E-state index in [4.69, 9.17) is 42.1 Å². The minimum absolute atomic E-state index is 0.181. The Hall–Kier alpha value is -0.330. The topological polar surface area (TPSA) is 54.0 Å². The van der Waals surface area contributed by atoms with Crippen LogP contribution in [0.25, 0.3) is 0 Å². The van der Waals surface area contributed by atoms with Gasteiger partial charge in [-0.05, 0) is 20.3 Å². The third-order valence-electron chi connectivity index (χ3n) is 4.30. The number of carbonyl (C=O) groups is 1. The van der Waals surface area contributed by atoms with Crippen LogP contribution in [-0.4, -0.2) is 50.0 Å². The van der Waals surface area contributed by atoms with Crippen molar-refractivity contribution in [3.05, 3.63) is 10.8 Å². The summed E-state index contributed by atoms with van der Waals surface area (Å²) in [6.45, 7) is 3.54. The number of carbonyl (C=O) groups excluding carboxylic acids is 1. The zero-order valence-corrected chi connectivity index (χ0v) is 14.3. The molecular formula is C14H20Cl2O5. The SMILES string of the molecule is COCC(=O)[C@@]1(OC)OC(C)(C)[C@H]2CC(Cl)=C(OC)[C@]21Cl. The maximum absolute atomic E-state index is 12.6. The van der Waals surface area contributed by atoms with E-state index in [0.717, 1.165) is 0 Å². The third-order valence-corrected chi connectivity index (χ3v) is 5.31. The van der Waals surface area contributed by atoms with Crippen LogP contribution in [0.4, 0.5) is 0 Å². The summed E-state index contributed by atoms with van der Waals surface area (Å²) >= 11 is 13.2. The fraction of sp³-hybridized carbons (Fsp3) is 0.786. The lowest BCUT2D eigenvalue weighted by molar-refractivity contribution is -0.235. The Bertz CT molecular complexity index is 490. The summed E-state index contributed by atoms with van der Waals surface area (Å²) in [5.41, 5.74) is -0.707. The summed E-state index contributed by atoms with van der Waals surface area (Å²) < 4.78 is 21.8. The number of ether oxygens (including phenoxy) is 4. The van der Waals surface area contributed by atoms with E-state index in [-0.39, 0.29) is 12.5 Å². The van der Waals surface area contributed by atoms with E-state index in [2.05, 4.69) is 0 Å². The second-order valence-electron chi connectivity index (χ2n) is 5.79. The number of Topliss-reactive ketones (excluding diaryl/α,β-unsaturated/α-hetero) is 1. The van der Waals surface area contributed by atoms with Crippen LogP contribution in [0.1, 0.15) is 20.3 Å². The van der Waals surface area contributed by atoms with E-state index in [1.54, 1.807) is 0 Å². The highest BCUT2D eigenvalue weighted by Crippen LogP contribution is 2.64. The van der Waals surface area contributed by atoms with Crippen LogP contribution in [0.5, 0.6) is 0 Å². The van der Waals surface area contributed by atoms with Crippen LogP contribution in [0.15, 0.2) is 10.8 Å². The van der Waals surface area contributed by atoms with Gasteiger partial charge in [0.1, 0.15) is 12.4 Å². The van der Waals surface area contributed by atoms with Crippen LogP contribution in [-0.2, 0) is 23.7 Å². The van der Waals surface area contributed by atoms with Crippen molar-refractivity contribution in [2.45, 2.75) is 36.5 Å². The van der Waals surface area contributed by atoms with E-state index in [9.17, 15) is 4.79 Å². The smallest absolute Gasteiger partial charge is 0.259 e. The Labute approximate surface area is 134 Å². The van der Waals surface area contributed by atoms with Crippen LogP contribution >= 0.6 is 23.2 Å². The number of methoxy groups -OCH3 is 3. The van der Waals surface area contributed by atoms with Gasteiger partial charge in [0.2, 0.25) is 5.78 Å². The molecule has 0 amide bonds. The van der Waals surface area contributed by atoms with Gasteiger partial charge in [-0.2, -0.15) is 0 Å². The van der Waals surface area contributed by atoms with Gasteiger partial charge < -0.3 is 18.9 Å². The average molecular weight is 339 g/mol. The maximum Gasteiger partial charge on any atom is 0.259 e. The minimum atomic E-state index is -1.69. The summed E-state index contributed by atoms with van der Waals surface area (Å²) in [4.78, 5) is 11.3. The largest absolute Gasteiger partial charge is 0.498 e. The first-order chi connectivity index (χ1) is 9.71. The summed E-state index contributed by atoms with van der Waals surface area (Å²) in [7, 11) is 4.28. The Morgan fingerprint density at radius 1 is 1.38 bits per heavy atom. The van der Waals surface area contributed by atoms with Crippen LogP contribution in [0.2, 0.25) is 0 Å². The monoisotopic (exact) mass is 338 g/mol. The summed E-state index contributed by atoms with van der Waals surface area (Å²) in [6.07, 6.45) is 0.465. The van der Waals surface area contributed by atoms with Gasteiger partial charge >= 0.3 is 0 Å². The predicted octanol–water partition coefficient (Wildman–Crippen LogP) is 2.45. The molecular weight excluding hydrogens is 319 g/mol. The van der Waals surface area contributed by atoms with Gasteiger partial charge in [-0.25, -0.2) is 0 Å². The number of allylic oxidation sites excluding steroid dienone is 1. The zero-order valence-electron chi connectivity index (χ0n) is 12.8. The van der Waals surface area contributed by atoms with E-state index in [1.165, 1.54) is 21.3 Å². The molecule has 0 spiro atoms. The standard InChI is InChI=1S/C14H20Cl2O5/c1-12(2)9-6-8(15)11(19-4)13(9,16)14(20-5,21-12)10(17)7-18-3/h9H,6-7H2,1-5H3/t9-,13-,14-/m1/s1. The summed E-state index contributed by atoms with van der Waals surface area (Å²) in [5, 5.41) is 0.487. The van der Waals surface area contributed by atoms with E-state index in [1.807, 2.05) is 13.8 Å². The summed E-state index contributed by atoms with van der Waals surface area (Å²) in [5.74, 6) is -2.03. The van der Waals surface area contributed by atoms with E-state index >= 15 is 0 Å². The molecule has 0 aromatic rings. The van der Waals surface area contributed by atoms with Gasteiger partial charge in [-0.15, -0.1) is 11.6 Å². The zero-order chi connectivity index (χ0) is 16.1. The molecule has 1 aliphatic heterocycles. The minimum Gasteiger partial charge on any atom is -0.498 e. The molecule has 2 aliphatic rings. The molecule has 1 fully saturated rings. The highest BCUT2D eigenvalue weighted by atomic mass is 35.5. The second kappa shape index (κ2) is 5.39. The molecule has 3 atom stereocenters. The average Bonchev–Trinajstić information content (AvgIpc) is 2.77. The van der Waals surface area contributed by atoms with Crippen LogP contribution < -0.4 is 0 Å². The molecule has 5 nitrogen and oxygen atoms in total. The van der Waals surface area contributed by atoms with E-state index in [0.29, 0.717) is 17.2 Å². The quantitative estimate of drug-likeness (QED) is 0.720. The number of fused-ring (bicyclic) bond motifs is 1. The Morgan fingerprint density at radius 3 is 2.48 bits per heavy atom. The second-order valence-corrected chi connectivity index (χ2v) is 6.84. The normalized spacial score (nSPS) is 37.8. The molecule has 0 saturated carbocycles. The molecule has 120 valence electrons. The molecule has 1 aliphatic carbocycles. The Morgan fingerprint density at radius 2 is 2.00 bits per heavy atom. The first kappa shape index (κ1) is 17.0. The molecule has 0 N–H and O–H groups in total. The number of rotatable bonds is 5. The fourth-order valence-corrected chi connectivity index (χ4v) is 4.62. The highest BCUT2D eigenvalue weighted by Gasteiger charge is 2.76. The lowest BCUT2D eigenvalue weighted by Crippen LogP contribution is -2.58. The van der Waals surface area contributed by atoms with Crippen molar-refractivity contribution in [3.8, 4) is 0 Å². The van der Waals surface area contributed by atoms with Crippen molar-refractivity contribution in [3.63, 3.8) is 0 Å². The van der Waals surface area contributed by atoms with Gasteiger partial charge in [0.25, 0.3) is 5.79 Å². The first-order valence-corrected chi connectivity index (χ1v) is 7.36. The third kappa shape index (κ3) is 2.05. The van der Waals surface area contributed by atoms with Gasteiger partial charge in [-0.3, -0.25) is 4.79 Å². The van der Waals surface area contributed by atoms with E-state index < -0.39 is 22.0 Å². The number of hydrogen-bond acceptors (Lipinski definition) is 5. The molecule has 0 aromatic heterocycles. The van der Waals surface area contributed by atoms with Crippen molar-refractivity contribution in [2.75, 3.05) is 27.9 Å². The molecule has 0 aromatic carbocycles. The molecule has 1 heterocycles. The molecule has 0 bridgehead atoms. The summed E-state index contributed by atoms with van der Waals surface area (Å²) in [6, 6.07) is 0. The van der Waals surface area contributed by atoms with Crippen molar-refractivity contribution < 1.29 is 23.7 Å². The molecule has 2 rings (SSSR count). The Balaban J connectivity index is 2.63. The number of ketones is 1. The molecule has 0 radical (unpaired) electrons. The molecule has 0 unspecified atom stereocenters. The number of hydrogen-bond donors (Lipinski definition) is 0.